The lowest BCUT2D eigenvalue weighted by Gasteiger charge is -2.21. The number of halogens is 1. The molecule has 1 aromatic carbocycles. The van der Waals surface area contributed by atoms with Crippen molar-refractivity contribution in [2.45, 2.75) is 39.5 Å². The highest BCUT2D eigenvalue weighted by molar-refractivity contribution is 7.13. The predicted molar refractivity (Wildman–Crippen MR) is 100.0 cm³/mol. The van der Waals surface area contributed by atoms with Crippen molar-refractivity contribution >= 4 is 17.2 Å². The summed E-state index contributed by atoms with van der Waals surface area (Å²) >= 11 is 1.46. The van der Waals surface area contributed by atoms with Crippen LogP contribution in [0.15, 0.2) is 29.6 Å². The molecule has 1 atom stereocenters. The van der Waals surface area contributed by atoms with E-state index in [1.165, 1.54) is 29.9 Å². The molecule has 1 aromatic heterocycles. The van der Waals surface area contributed by atoms with Crippen LogP contribution >= 0.6 is 11.3 Å². The number of carbonyl (C=O) groups excluding carboxylic acids is 1. The van der Waals surface area contributed by atoms with Gasteiger partial charge in [-0.3, -0.25) is 4.79 Å². The fourth-order valence-corrected chi connectivity index (χ4v) is 4.26. The van der Waals surface area contributed by atoms with Gasteiger partial charge in [-0.15, -0.1) is 11.3 Å². The number of aromatic nitrogens is 1. The van der Waals surface area contributed by atoms with Crippen molar-refractivity contribution in [2.75, 3.05) is 13.1 Å². The largest absolute Gasteiger partial charge is 0.342 e. The standard InChI is InChI=1S/C20H25FN2OS/c1-14(2)15-6-4-9-23(10-8-15)19(24)12-18-13-25-20(22-18)16-5-3-7-17(21)11-16/h3,5,7,11,13-15H,4,6,8-10,12H2,1-2H3. The van der Waals surface area contributed by atoms with Gasteiger partial charge in [-0.05, 0) is 43.2 Å². The first-order valence-electron chi connectivity index (χ1n) is 9.01. The molecule has 1 aliphatic heterocycles. The van der Waals surface area contributed by atoms with Crippen molar-refractivity contribution in [3.63, 3.8) is 0 Å². The summed E-state index contributed by atoms with van der Waals surface area (Å²) in [4.78, 5) is 19.1. The third-order valence-electron chi connectivity index (χ3n) is 5.02. The van der Waals surface area contributed by atoms with Crippen molar-refractivity contribution in [2.24, 2.45) is 11.8 Å². The summed E-state index contributed by atoms with van der Waals surface area (Å²) < 4.78 is 13.4. The van der Waals surface area contributed by atoms with E-state index in [-0.39, 0.29) is 11.7 Å². The van der Waals surface area contributed by atoms with Gasteiger partial charge in [-0.25, -0.2) is 9.37 Å². The van der Waals surface area contributed by atoms with E-state index in [9.17, 15) is 9.18 Å². The Labute approximate surface area is 152 Å². The van der Waals surface area contributed by atoms with Gasteiger partial charge in [0.15, 0.2) is 0 Å². The topological polar surface area (TPSA) is 33.2 Å². The molecule has 0 radical (unpaired) electrons. The van der Waals surface area contributed by atoms with Crippen molar-refractivity contribution in [1.82, 2.24) is 9.88 Å². The molecule has 0 spiro atoms. The predicted octanol–water partition coefficient (Wildman–Crippen LogP) is 4.78. The Morgan fingerprint density at radius 3 is 2.96 bits per heavy atom. The molecular weight excluding hydrogens is 335 g/mol. The van der Waals surface area contributed by atoms with Gasteiger partial charge in [0.05, 0.1) is 12.1 Å². The minimum Gasteiger partial charge on any atom is -0.342 e. The molecule has 0 aliphatic carbocycles. The van der Waals surface area contributed by atoms with Gasteiger partial charge in [0.2, 0.25) is 5.91 Å². The molecule has 1 fully saturated rings. The van der Waals surface area contributed by atoms with Gasteiger partial charge < -0.3 is 4.90 Å². The number of carbonyl (C=O) groups is 1. The number of hydrogen-bond acceptors (Lipinski definition) is 3. The van der Waals surface area contributed by atoms with Gasteiger partial charge in [-0.2, -0.15) is 0 Å². The fraction of sp³-hybridized carbons (Fsp3) is 0.500. The van der Waals surface area contributed by atoms with E-state index in [4.69, 9.17) is 0 Å². The van der Waals surface area contributed by atoms with Crippen molar-refractivity contribution in [3.05, 3.63) is 41.2 Å². The molecule has 1 amide bonds. The number of amides is 1. The second-order valence-electron chi connectivity index (χ2n) is 7.15. The van der Waals surface area contributed by atoms with Crippen molar-refractivity contribution < 1.29 is 9.18 Å². The Morgan fingerprint density at radius 2 is 2.20 bits per heavy atom. The molecule has 0 bridgehead atoms. The average Bonchev–Trinajstić information content (AvgIpc) is 2.89. The van der Waals surface area contributed by atoms with Crippen LogP contribution in [0.2, 0.25) is 0 Å². The zero-order chi connectivity index (χ0) is 17.8. The second-order valence-corrected chi connectivity index (χ2v) is 8.01. The number of benzene rings is 1. The molecule has 3 rings (SSSR count). The van der Waals surface area contributed by atoms with Crippen molar-refractivity contribution in [1.29, 1.82) is 0 Å². The molecule has 1 saturated heterocycles. The summed E-state index contributed by atoms with van der Waals surface area (Å²) in [5, 5.41) is 2.67. The van der Waals surface area contributed by atoms with Crippen LogP contribution in [0.4, 0.5) is 4.39 Å². The first kappa shape index (κ1) is 18.1. The summed E-state index contributed by atoms with van der Waals surface area (Å²) in [5.41, 5.74) is 1.54. The molecule has 134 valence electrons. The first-order valence-corrected chi connectivity index (χ1v) is 9.89. The van der Waals surface area contributed by atoms with Crippen LogP contribution in [0, 0.1) is 17.7 Å². The maximum absolute atomic E-state index is 13.4. The van der Waals surface area contributed by atoms with Crippen LogP contribution in [0.5, 0.6) is 0 Å². The summed E-state index contributed by atoms with van der Waals surface area (Å²) in [6, 6.07) is 6.42. The monoisotopic (exact) mass is 360 g/mol. The maximum atomic E-state index is 13.4. The number of thiazole rings is 1. The van der Waals surface area contributed by atoms with E-state index in [2.05, 4.69) is 18.8 Å². The molecule has 3 nitrogen and oxygen atoms in total. The molecule has 2 heterocycles. The lowest BCUT2D eigenvalue weighted by atomic mass is 9.89. The highest BCUT2D eigenvalue weighted by Gasteiger charge is 2.23. The number of hydrogen-bond donors (Lipinski definition) is 0. The van der Waals surface area contributed by atoms with Crippen LogP contribution < -0.4 is 0 Å². The molecule has 25 heavy (non-hydrogen) atoms. The number of nitrogens with zero attached hydrogens (tertiary/aromatic N) is 2. The summed E-state index contributed by atoms with van der Waals surface area (Å²) in [7, 11) is 0. The Bertz CT molecular complexity index is 728. The van der Waals surface area contributed by atoms with Gasteiger partial charge in [0, 0.05) is 24.0 Å². The molecule has 0 N–H and O–H groups in total. The Hall–Kier alpha value is -1.75. The van der Waals surface area contributed by atoms with E-state index >= 15 is 0 Å². The molecule has 1 unspecified atom stereocenters. The highest BCUT2D eigenvalue weighted by Crippen LogP contribution is 2.26. The smallest absolute Gasteiger partial charge is 0.228 e. The Kier molecular flexibility index (Phi) is 5.84. The zero-order valence-electron chi connectivity index (χ0n) is 14.9. The fourth-order valence-electron chi connectivity index (χ4n) is 3.45. The van der Waals surface area contributed by atoms with E-state index in [0.717, 1.165) is 48.1 Å². The summed E-state index contributed by atoms with van der Waals surface area (Å²) in [6.45, 7) is 6.24. The molecule has 1 aliphatic rings. The first-order chi connectivity index (χ1) is 12.0. The third-order valence-corrected chi connectivity index (χ3v) is 5.96. The van der Waals surface area contributed by atoms with Gasteiger partial charge in [-0.1, -0.05) is 26.0 Å². The Morgan fingerprint density at radius 1 is 1.36 bits per heavy atom. The minimum atomic E-state index is -0.269. The number of rotatable bonds is 4. The van der Waals surface area contributed by atoms with E-state index in [1.807, 2.05) is 16.3 Å². The van der Waals surface area contributed by atoms with E-state index in [0.29, 0.717) is 12.3 Å². The third kappa shape index (κ3) is 4.66. The van der Waals surface area contributed by atoms with Crippen LogP contribution in [0.3, 0.4) is 0 Å². The van der Waals surface area contributed by atoms with Crippen LogP contribution in [0.25, 0.3) is 10.6 Å². The van der Waals surface area contributed by atoms with Crippen molar-refractivity contribution in [3.8, 4) is 10.6 Å². The lowest BCUT2D eigenvalue weighted by Crippen LogP contribution is -2.33. The highest BCUT2D eigenvalue weighted by atomic mass is 32.1. The lowest BCUT2D eigenvalue weighted by molar-refractivity contribution is -0.130. The SMILES string of the molecule is CC(C)C1CCCN(C(=O)Cc2csc(-c3cccc(F)c3)n2)CC1. The zero-order valence-corrected chi connectivity index (χ0v) is 15.7. The maximum Gasteiger partial charge on any atom is 0.228 e. The van der Waals surface area contributed by atoms with Gasteiger partial charge in [0.1, 0.15) is 10.8 Å². The van der Waals surface area contributed by atoms with Gasteiger partial charge in [0.25, 0.3) is 0 Å². The Balaban J connectivity index is 1.62. The second kappa shape index (κ2) is 8.09. The average molecular weight is 360 g/mol. The van der Waals surface area contributed by atoms with Crippen LogP contribution in [-0.2, 0) is 11.2 Å². The summed E-state index contributed by atoms with van der Waals surface area (Å²) in [6.07, 6.45) is 3.72. The number of likely N-dealkylation sites (tertiary alicyclic amines) is 1. The van der Waals surface area contributed by atoms with Crippen LogP contribution in [0.1, 0.15) is 38.8 Å². The minimum absolute atomic E-state index is 0.153. The molecular formula is C20H25FN2OS. The van der Waals surface area contributed by atoms with Crippen LogP contribution in [-0.4, -0.2) is 28.9 Å². The molecule has 5 heteroatoms. The van der Waals surface area contributed by atoms with E-state index in [1.54, 1.807) is 6.07 Å². The molecule has 2 aromatic rings. The van der Waals surface area contributed by atoms with E-state index < -0.39 is 0 Å². The normalized spacial score (nSPS) is 18.4. The van der Waals surface area contributed by atoms with Gasteiger partial charge >= 0.3 is 0 Å². The molecule has 0 saturated carbocycles. The quantitative estimate of drug-likeness (QED) is 0.786. The summed E-state index contributed by atoms with van der Waals surface area (Å²) in [5.74, 6) is 1.29.